The first-order valence-corrected chi connectivity index (χ1v) is 8.53. The Morgan fingerprint density at radius 2 is 2.06 bits per heavy atom. The first-order chi connectivity index (χ1) is 8.72. The molecule has 1 aromatic rings. The molecule has 2 saturated heterocycles. The van der Waals surface area contributed by atoms with E-state index in [4.69, 9.17) is 0 Å². The van der Waals surface area contributed by atoms with E-state index < -0.39 is 0 Å². The molecular weight excluding hydrogens is 308 g/mol. The Bertz CT molecular complexity index is 392. The third kappa shape index (κ3) is 2.82. The molecule has 2 aliphatic heterocycles. The molecule has 3 rings (SSSR count). The van der Waals surface area contributed by atoms with Crippen molar-refractivity contribution in [2.24, 2.45) is 0 Å². The molecular formula is C14H21BrN2S. The van der Waals surface area contributed by atoms with Crippen LogP contribution in [0, 0.1) is 0 Å². The number of piperidine rings is 2. The molecule has 1 aromatic heterocycles. The molecule has 18 heavy (non-hydrogen) atoms. The summed E-state index contributed by atoms with van der Waals surface area (Å²) < 4.78 is 1.24. The first-order valence-electron chi connectivity index (χ1n) is 6.92. The van der Waals surface area contributed by atoms with Crippen LogP contribution in [0.3, 0.4) is 0 Å². The van der Waals surface area contributed by atoms with Crippen LogP contribution in [0.5, 0.6) is 0 Å². The third-order valence-corrected chi connectivity index (χ3v) is 6.16. The van der Waals surface area contributed by atoms with Crippen molar-refractivity contribution in [1.29, 1.82) is 0 Å². The molecule has 100 valence electrons. The van der Waals surface area contributed by atoms with Crippen molar-refractivity contribution in [3.8, 4) is 0 Å². The number of nitrogens with zero attached hydrogens (tertiary/aromatic N) is 1. The van der Waals surface area contributed by atoms with E-state index in [0.717, 1.165) is 24.7 Å². The highest BCUT2D eigenvalue weighted by molar-refractivity contribution is 9.11. The Morgan fingerprint density at radius 1 is 1.33 bits per heavy atom. The van der Waals surface area contributed by atoms with Gasteiger partial charge in [-0.1, -0.05) is 6.42 Å². The smallest absolute Gasteiger partial charge is 0.0701 e. The van der Waals surface area contributed by atoms with E-state index >= 15 is 0 Å². The minimum atomic E-state index is 0.720. The normalized spacial score (nSPS) is 32.7. The molecule has 1 N–H and O–H groups in total. The number of rotatable bonds is 3. The summed E-state index contributed by atoms with van der Waals surface area (Å²) in [6.45, 7) is 1.03. The van der Waals surface area contributed by atoms with Gasteiger partial charge in [-0.25, -0.2) is 0 Å². The molecule has 0 aliphatic carbocycles. The Balaban J connectivity index is 1.55. The topological polar surface area (TPSA) is 15.3 Å². The Morgan fingerprint density at radius 3 is 2.67 bits per heavy atom. The first kappa shape index (κ1) is 13.1. The molecule has 2 bridgehead atoms. The fourth-order valence-corrected chi connectivity index (χ4v) is 4.91. The van der Waals surface area contributed by atoms with Crippen molar-refractivity contribution in [3.63, 3.8) is 0 Å². The van der Waals surface area contributed by atoms with Gasteiger partial charge in [0.05, 0.1) is 3.79 Å². The summed E-state index contributed by atoms with van der Waals surface area (Å²) >= 11 is 5.37. The third-order valence-electron chi connectivity index (χ3n) is 4.53. The fraction of sp³-hybridized carbons (Fsp3) is 0.714. The number of nitrogens with one attached hydrogen (secondary N) is 1. The molecule has 2 aliphatic rings. The molecule has 0 aromatic carbocycles. The number of fused-ring (bicyclic) bond motifs is 2. The van der Waals surface area contributed by atoms with Crippen LogP contribution in [0.2, 0.25) is 0 Å². The van der Waals surface area contributed by atoms with Crippen LogP contribution in [0.15, 0.2) is 15.9 Å². The lowest BCUT2D eigenvalue weighted by atomic mass is 9.82. The highest BCUT2D eigenvalue weighted by Crippen LogP contribution is 2.33. The molecule has 2 nitrogen and oxygen atoms in total. The zero-order chi connectivity index (χ0) is 12.5. The lowest BCUT2D eigenvalue weighted by Crippen LogP contribution is -2.54. The monoisotopic (exact) mass is 328 g/mol. The molecule has 3 heterocycles. The van der Waals surface area contributed by atoms with E-state index in [1.54, 1.807) is 0 Å². The summed E-state index contributed by atoms with van der Waals surface area (Å²) in [5.74, 6) is 0. The molecule has 2 fully saturated rings. The zero-order valence-electron chi connectivity index (χ0n) is 10.9. The van der Waals surface area contributed by atoms with Gasteiger partial charge in [0.2, 0.25) is 0 Å². The van der Waals surface area contributed by atoms with Gasteiger partial charge >= 0.3 is 0 Å². The maximum Gasteiger partial charge on any atom is 0.0701 e. The van der Waals surface area contributed by atoms with Gasteiger partial charge in [-0.2, -0.15) is 0 Å². The van der Waals surface area contributed by atoms with Crippen LogP contribution in [0.1, 0.15) is 37.0 Å². The maximum absolute atomic E-state index is 3.76. The predicted octanol–water partition coefficient (Wildman–Crippen LogP) is 3.62. The number of hydrogen-bond donors (Lipinski definition) is 1. The van der Waals surface area contributed by atoms with Crippen LogP contribution in [-0.4, -0.2) is 30.1 Å². The van der Waals surface area contributed by atoms with E-state index in [1.807, 2.05) is 11.3 Å². The molecule has 2 unspecified atom stereocenters. The van der Waals surface area contributed by atoms with Crippen molar-refractivity contribution >= 4 is 27.3 Å². The lowest BCUT2D eigenvalue weighted by Gasteiger charge is -2.47. The predicted molar refractivity (Wildman–Crippen MR) is 81.1 cm³/mol. The van der Waals surface area contributed by atoms with E-state index in [2.05, 4.69) is 45.3 Å². The van der Waals surface area contributed by atoms with Gasteiger partial charge < -0.3 is 10.2 Å². The molecule has 0 spiro atoms. The highest BCUT2D eigenvalue weighted by atomic mass is 79.9. The van der Waals surface area contributed by atoms with Crippen molar-refractivity contribution in [2.45, 2.75) is 56.8 Å². The standard InChI is InChI=1S/C14H21BrN2S/c1-17-11-3-2-4-12(17)8-10(7-11)16-9-13-5-6-14(15)18-13/h5-6,10-12,16H,2-4,7-9H2,1H3. The molecule has 4 heteroatoms. The Labute approximate surface area is 122 Å². The summed E-state index contributed by atoms with van der Waals surface area (Å²) in [5, 5.41) is 3.76. The van der Waals surface area contributed by atoms with Gasteiger partial charge in [0, 0.05) is 29.5 Å². The van der Waals surface area contributed by atoms with E-state index in [-0.39, 0.29) is 0 Å². The Hall–Kier alpha value is 0.1000. The van der Waals surface area contributed by atoms with E-state index in [0.29, 0.717) is 0 Å². The van der Waals surface area contributed by atoms with Crippen molar-refractivity contribution in [2.75, 3.05) is 7.05 Å². The van der Waals surface area contributed by atoms with Gasteiger partial charge in [0.25, 0.3) is 0 Å². The van der Waals surface area contributed by atoms with Crippen LogP contribution < -0.4 is 5.32 Å². The largest absolute Gasteiger partial charge is 0.309 e. The van der Waals surface area contributed by atoms with Gasteiger partial charge in [-0.15, -0.1) is 11.3 Å². The number of thiophene rings is 1. The SMILES string of the molecule is CN1C2CCCC1CC(NCc1ccc(Br)s1)C2. The van der Waals surface area contributed by atoms with Gasteiger partial charge in [0.15, 0.2) is 0 Å². The number of hydrogen-bond acceptors (Lipinski definition) is 3. The minimum absolute atomic E-state index is 0.720. The maximum atomic E-state index is 3.76. The summed E-state index contributed by atoms with van der Waals surface area (Å²) in [6.07, 6.45) is 6.90. The van der Waals surface area contributed by atoms with Crippen molar-refractivity contribution < 1.29 is 0 Å². The summed E-state index contributed by atoms with van der Waals surface area (Å²) in [5.41, 5.74) is 0. The highest BCUT2D eigenvalue weighted by Gasteiger charge is 2.35. The lowest BCUT2D eigenvalue weighted by molar-refractivity contribution is 0.0483. The molecule has 0 amide bonds. The quantitative estimate of drug-likeness (QED) is 0.911. The molecule has 0 radical (unpaired) electrons. The average Bonchev–Trinajstić information content (AvgIpc) is 2.73. The summed E-state index contributed by atoms with van der Waals surface area (Å²) in [6, 6.07) is 6.73. The van der Waals surface area contributed by atoms with E-state index in [1.165, 1.54) is 40.8 Å². The second-order valence-electron chi connectivity index (χ2n) is 5.66. The van der Waals surface area contributed by atoms with E-state index in [9.17, 15) is 0 Å². The van der Waals surface area contributed by atoms with Gasteiger partial charge in [-0.3, -0.25) is 0 Å². The van der Waals surface area contributed by atoms with Crippen LogP contribution in [-0.2, 0) is 6.54 Å². The van der Waals surface area contributed by atoms with Gasteiger partial charge in [-0.05, 0) is 60.8 Å². The van der Waals surface area contributed by atoms with Gasteiger partial charge in [0.1, 0.15) is 0 Å². The fourth-order valence-electron chi connectivity index (χ4n) is 3.47. The average molecular weight is 329 g/mol. The van der Waals surface area contributed by atoms with Crippen LogP contribution in [0.4, 0.5) is 0 Å². The summed E-state index contributed by atoms with van der Waals surface area (Å²) in [7, 11) is 2.32. The zero-order valence-corrected chi connectivity index (χ0v) is 13.3. The summed E-state index contributed by atoms with van der Waals surface area (Å²) in [4.78, 5) is 4.06. The van der Waals surface area contributed by atoms with Crippen LogP contribution >= 0.6 is 27.3 Å². The van der Waals surface area contributed by atoms with Crippen molar-refractivity contribution in [1.82, 2.24) is 10.2 Å². The molecule has 2 atom stereocenters. The minimum Gasteiger partial charge on any atom is -0.309 e. The van der Waals surface area contributed by atoms with Crippen LogP contribution in [0.25, 0.3) is 0 Å². The Kier molecular flexibility index (Phi) is 4.09. The molecule has 0 saturated carbocycles. The second-order valence-corrected chi connectivity index (χ2v) is 8.21. The second kappa shape index (κ2) is 5.61. The number of halogens is 1. The van der Waals surface area contributed by atoms with Crippen molar-refractivity contribution in [3.05, 3.63) is 20.8 Å².